The lowest BCUT2D eigenvalue weighted by Gasteiger charge is -2.18. The van der Waals surface area contributed by atoms with E-state index in [1.807, 2.05) is 12.1 Å². The van der Waals surface area contributed by atoms with Gasteiger partial charge in [0.05, 0.1) is 0 Å². The lowest BCUT2D eigenvalue weighted by Crippen LogP contribution is -2.27. The molecular formula is C15H25FN2. The van der Waals surface area contributed by atoms with Gasteiger partial charge in [-0.1, -0.05) is 19.1 Å². The number of hydrogen-bond donors (Lipinski definition) is 1. The maximum Gasteiger partial charge on any atom is 0.123 e. The van der Waals surface area contributed by atoms with E-state index in [2.05, 4.69) is 31.1 Å². The monoisotopic (exact) mass is 252 g/mol. The van der Waals surface area contributed by atoms with Gasteiger partial charge in [-0.2, -0.15) is 0 Å². The van der Waals surface area contributed by atoms with Gasteiger partial charge in [0.2, 0.25) is 0 Å². The zero-order valence-corrected chi connectivity index (χ0v) is 11.7. The zero-order valence-electron chi connectivity index (χ0n) is 11.7. The van der Waals surface area contributed by atoms with Crippen LogP contribution >= 0.6 is 0 Å². The molecule has 1 N–H and O–H groups in total. The predicted molar refractivity (Wildman–Crippen MR) is 75.1 cm³/mol. The molecule has 0 fully saturated rings. The Morgan fingerprint density at radius 2 is 1.94 bits per heavy atom. The predicted octanol–water partition coefficient (Wildman–Crippen LogP) is 3.04. The van der Waals surface area contributed by atoms with Crippen molar-refractivity contribution in [1.29, 1.82) is 0 Å². The molecule has 0 heterocycles. The SMILES string of the molecule is CCNC(C)CCCN(C)Cc1ccc(F)cc1. The fourth-order valence-electron chi connectivity index (χ4n) is 2.10. The number of hydrogen-bond acceptors (Lipinski definition) is 2. The molecule has 0 bridgehead atoms. The van der Waals surface area contributed by atoms with Gasteiger partial charge in [-0.15, -0.1) is 0 Å². The molecule has 0 spiro atoms. The topological polar surface area (TPSA) is 15.3 Å². The molecular weight excluding hydrogens is 227 g/mol. The molecule has 102 valence electrons. The average Bonchev–Trinajstić information content (AvgIpc) is 2.32. The van der Waals surface area contributed by atoms with Crippen molar-refractivity contribution in [3.63, 3.8) is 0 Å². The van der Waals surface area contributed by atoms with Crippen LogP contribution in [0.2, 0.25) is 0 Å². The fraction of sp³-hybridized carbons (Fsp3) is 0.600. The van der Waals surface area contributed by atoms with Crippen molar-refractivity contribution in [2.75, 3.05) is 20.1 Å². The van der Waals surface area contributed by atoms with Crippen molar-refractivity contribution in [1.82, 2.24) is 10.2 Å². The molecule has 0 amide bonds. The van der Waals surface area contributed by atoms with Crippen LogP contribution in [0.25, 0.3) is 0 Å². The van der Waals surface area contributed by atoms with Crippen LogP contribution in [0.1, 0.15) is 32.3 Å². The molecule has 18 heavy (non-hydrogen) atoms. The summed E-state index contributed by atoms with van der Waals surface area (Å²) in [5.41, 5.74) is 1.17. The summed E-state index contributed by atoms with van der Waals surface area (Å²) < 4.78 is 12.8. The average molecular weight is 252 g/mol. The third kappa shape index (κ3) is 6.12. The number of rotatable bonds is 8. The molecule has 0 aromatic heterocycles. The van der Waals surface area contributed by atoms with Crippen LogP contribution in [-0.2, 0) is 6.54 Å². The van der Waals surface area contributed by atoms with Crippen molar-refractivity contribution in [3.8, 4) is 0 Å². The smallest absolute Gasteiger partial charge is 0.123 e. The van der Waals surface area contributed by atoms with Gasteiger partial charge < -0.3 is 10.2 Å². The highest BCUT2D eigenvalue weighted by atomic mass is 19.1. The molecule has 0 radical (unpaired) electrons. The Hall–Kier alpha value is -0.930. The van der Waals surface area contributed by atoms with Crippen LogP contribution < -0.4 is 5.32 Å². The second-order valence-corrected chi connectivity index (χ2v) is 4.97. The highest BCUT2D eigenvalue weighted by Crippen LogP contribution is 2.06. The highest BCUT2D eigenvalue weighted by Gasteiger charge is 2.03. The normalized spacial score (nSPS) is 12.9. The van der Waals surface area contributed by atoms with E-state index in [1.54, 1.807) is 0 Å². The summed E-state index contributed by atoms with van der Waals surface area (Å²) in [6.07, 6.45) is 2.38. The van der Waals surface area contributed by atoms with E-state index in [9.17, 15) is 4.39 Å². The van der Waals surface area contributed by atoms with Crippen molar-refractivity contribution in [2.45, 2.75) is 39.3 Å². The fourth-order valence-corrected chi connectivity index (χ4v) is 2.10. The first-order chi connectivity index (χ1) is 8.61. The number of halogens is 1. The Bertz CT molecular complexity index is 324. The van der Waals surface area contributed by atoms with Crippen molar-refractivity contribution in [2.24, 2.45) is 0 Å². The van der Waals surface area contributed by atoms with E-state index in [4.69, 9.17) is 0 Å². The van der Waals surface area contributed by atoms with Gasteiger partial charge in [-0.3, -0.25) is 0 Å². The van der Waals surface area contributed by atoms with Crippen molar-refractivity contribution < 1.29 is 4.39 Å². The van der Waals surface area contributed by atoms with E-state index < -0.39 is 0 Å². The van der Waals surface area contributed by atoms with Gasteiger partial charge in [0, 0.05) is 12.6 Å². The number of benzene rings is 1. The first kappa shape index (κ1) is 15.1. The molecule has 2 nitrogen and oxygen atoms in total. The largest absolute Gasteiger partial charge is 0.315 e. The summed E-state index contributed by atoms with van der Waals surface area (Å²) >= 11 is 0. The Morgan fingerprint density at radius 3 is 2.56 bits per heavy atom. The Labute approximate surface area is 110 Å². The van der Waals surface area contributed by atoms with Crippen LogP contribution in [0.3, 0.4) is 0 Å². The lowest BCUT2D eigenvalue weighted by molar-refractivity contribution is 0.311. The maximum absolute atomic E-state index is 12.8. The van der Waals surface area contributed by atoms with Gasteiger partial charge in [0.25, 0.3) is 0 Å². The Morgan fingerprint density at radius 1 is 1.28 bits per heavy atom. The van der Waals surface area contributed by atoms with Crippen molar-refractivity contribution in [3.05, 3.63) is 35.6 Å². The zero-order chi connectivity index (χ0) is 13.4. The summed E-state index contributed by atoms with van der Waals surface area (Å²) in [5, 5.41) is 3.41. The van der Waals surface area contributed by atoms with Crippen LogP contribution in [0, 0.1) is 5.82 Å². The molecule has 1 unspecified atom stereocenters. The molecule has 1 aromatic carbocycles. The summed E-state index contributed by atoms with van der Waals surface area (Å²) in [6.45, 7) is 7.36. The molecule has 3 heteroatoms. The molecule has 0 aliphatic heterocycles. The second kappa shape index (κ2) is 8.22. The van der Waals surface area contributed by atoms with E-state index >= 15 is 0 Å². The van der Waals surface area contributed by atoms with Gasteiger partial charge in [-0.25, -0.2) is 4.39 Å². The molecule has 1 rings (SSSR count). The molecule has 0 aliphatic carbocycles. The number of nitrogens with one attached hydrogen (secondary N) is 1. The minimum Gasteiger partial charge on any atom is -0.315 e. The maximum atomic E-state index is 12.8. The van der Waals surface area contributed by atoms with Crippen molar-refractivity contribution >= 4 is 0 Å². The van der Waals surface area contributed by atoms with E-state index in [0.29, 0.717) is 6.04 Å². The van der Waals surface area contributed by atoms with E-state index in [1.165, 1.54) is 30.5 Å². The third-order valence-electron chi connectivity index (χ3n) is 3.10. The van der Waals surface area contributed by atoms with Gasteiger partial charge >= 0.3 is 0 Å². The summed E-state index contributed by atoms with van der Waals surface area (Å²) in [6, 6.07) is 7.35. The molecule has 0 saturated carbocycles. The van der Waals surface area contributed by atoms with Gasteiger partial charge in [0.1, 0.15) is 5.82 Å². The Balaban J connectivity index is 2.21. The number of nitrogens with zero attached hydrogens (tertiary/aromatic N) is 1. The summed E-state index contributed by atoms with van der Waals surface area (Å²) in [4.78, 5) is 2.28. The van der Waals surface area contributed by atoms with E-state index in [-0.39, 0.29) is 5.82 Å². The molecule has 1 atom stereocenters. The van der Waals surface area contributed by atoms with Crippen LogP contribution in [0.5, 0.6) is 0 Å². The van der Waals surface area contributed by atoms with Crippen LogP contribution in [-0.4, -0.2) is 31.1 Å². The first-order valence-electron chi connectivity index (χ1n) is 6.78. The van der Waals surface area contributed by atoms with E-state index in [0.717, 1.165) is 19.6 Å². The summed E-state index contributed by atoms with van der Waals surface area (Å²) in [5.74, 6) is -0.166. The minimum atomic E-state index is -0.166. The molecule has 1 aromatic rings. The quantitative estimate of drug-likeness (QED) is 0.765. The summed E-state index contributed by atoms with van der Waals surface area (Å²) in [7, 11) is 2.11. The lowest BCUT2D eigenvalue weighted by atomic mass is 10.1. The third-order valence-corrected chi connectivity index (χ3v) is 3.10. The molecule has 0 saturated heterocycles. The van der Waals surface area contributed by atoms with Crippen LogP contribution in [0.4, 0.5) is 4.39 Å². The molecule has 0 aliphatic rings. The van der Waals surface area contributed by atoms with Gasteiger partial charge in [0.15, 0.2) is 0 Å². The second-order valence-electron chi connectivity index (χ2n) is 4.97. The van der Waals surface area contributed by atoms with Gasteiger partial charge in [-0.05, 0) is 57.6 Å². The van der Waals surface area contributed by atoms with Crippen LogP contribution in [0.15, 0.2) is 24.3 Å². The minimum absolute atomic E-state index is 0.166. The highest BCUT2D eigenvalue weighted by molar-refractivity contribution is 5.15. The first-order valence-corrected chi connectivity index (χ1v) is 6.78. The standard InChI is InChI=1S/C15H25FN2/c1-4-17-13(2)6-5-11-18(3)12-14-7-9-15(16)10-8-14/h7-10,13,17H,4-6,11-12H2,1-3H3. The Kier molecular flexibility index (Phi) is 6.91.